The first-order chi connectivity index (χ1) is 11.2. The van der Waals surface area contributed by atoms with Crippen molar-refractivity contribution >= 4 is 5.69 Å². The van der Waals surface area contributed by atoms with Gasteiger partial charge in [-0.25, -0.2) is 0 Å². The molecule has 0 atom stereocenters. The second kappa shape index (κ2) is 6.34. The maximum absolute atomic E-state index is 11.0. The molecule has 2 aromatic carbocycles. The number of rotatable bonds is 4. The summed E-state index contributed by atoms with van der Waals surface area (Å²) in [6.45, 7) is 0.453. The molecule has 0 fully saturated rings. The average Bonchev–Trinajstić information content (AvgIpc) is 2.59. The average molecular weight is 312 g/mol. The molecular weight excluding hydrogens is 300 g/mol. The van der Waals surface area contributed by atoms with Crippen molar-refractivity contribution in [1.82, 2.24) is 0 Å². The molecule has 0 spiro atoms. The third-order valence-corrected chi connectivity index (χ3v) is 3.34. The molecule has 7 nitrogen and oxygen atoms in total. The molecule has 23 heavy (non-hydrogen) atoms. The van der Waals surface area contributed by atoms with E-state index in [-0.39, 0.29) is 25.7 Å². The van der Waals surface area contributed by atoms with E-state index in [0.717, 1.165) is 0 Å². The van der Waals surface area contributed by atoms with Gasteiger partial charge in [-0.3, -0.25) is 10.1 Å². The van der Waals surface area contributed by atoms with Gasteiger partial charge in [-0.1, -0.05) is 6.07 Å². The maximum atomic E-state index is 11.0. The van der Waals surface area contributed by atoms with Crippen molar-refractivity contribution < 1.29 is 19.1 Å². The van der Waals surface area contributed by atoms with E-state index >= 15 is 0 Å². The summed E-state index contributed by atoms with van der Waals surface area (Å²) in [4.78, 5) is 10.6. The predicted octanol–water partition coefficient (Wildman–Crippen LogP) is 2.91. The van der Waals surface area contributed by atoms with Crippen LogP contribution in [0.15, 0.2) is 36.4 Å². The Hall–Kier alpha value is -3.11. The Balaban J connectivity index is 1.88. The zero-order valence-corrected chi connectivity index (χ0v) is 12.0. The lowest BCUT2D eigenvalue weighted by atomic mass is 10.1. The number of ether oxygens (including phenoxy) is 3. The number of nitro benzene ring substituents is 1. The summed E-state index contributed by atoms with van der Waals surface area (Å²) in [5, 5.41) is 19.9. The topological polar surface area (TPSA) is 94.6 Å². The highest BCUT2D eigenvalue weighted by molar-refractivity contribution is 5.50. The zero-order chi connectivity index (χ0) is 16.2. The number of fused-ring (bicyclic) bond motifs is 1. The van der Waals surface area contributed by atoms with E-state index in [2.05, 4.69) is 0 Å². The molecule has 0 bridgehead atoms. The summed E-state index contributed by atoms with van der Waals surface area (Å²) >= 11 is 0. The highest BCUT2D eigenvalue weighted by Crippen LogP contribution is 2.33. The Kier molecular flexibility index (Phi) is 4.08. The first-order valence-electron chi connectivity index (χ1n) is 6.81. The Morgan fingerprint density at radius 2 is 2.22 bits per heavy atom. The van der Waals surface area contributed by atoms with Gasteiger partial charge in [-0.05, 0) is 18.2 Å². The van der Waals surface area contributed by atoms with Crippen LogP contribution >= 0.6 is 0 Å². The fourth-order valence-electron chi connectivity index (χ4n) is 2.31. The number of nitrogens with zero attached hydrogens (tertiary/aromatic N) is 2. The highest BCUT2D eigenvalue weighted by Gasteiger charge is 2.21. The van der Waals surface area contributed by atoms with Gasteiger partial charge in [0.1, 0.15) is 18.1 Å². The lowest BCUT2D eigenvalue weighted by Gasteiger charge is -2.20. The minimum absolute atomic E-state index is 0.0396. The number of nitro groups is 1. The molecule has 0 unspecified atom stereocenters. The highest BCUT2D eigenvalue weighted by atomic mass is 16.7. The number of hydrogen-bond donors (Lipinski definition) is 0. The van der Waals surface area contributed by atoms with Crippen molar-refractivity contribution in [3.63, 3.8) is 0 Å². The van der Waals surface area contributed by atoms with Gasteiger partial charge in [-0.15, -0.1) is 0 Å². The van der Waals surface area contributed by atoms with Crippen molar-refractivity contribution in [2.75, 3.05) is 6.79 Å². The monoisotopic (exact) mass is 312 g/mol. The summed E-state index contributed by atoms with van der Waals surface area (Å²) in [7, 11) is 0. The van der Waals surface area contributed by atoms with Crippen LogP contribution in [0.1, 0.15) is 16.7 Å². The molecule has 7 heteroatoms. The third kappa shape index (κ3) is 3.22. The molecule has 0 aliphatic carbocycles. The fraction of sp³-hybridized carbons (Fsp3) is 0.188. The van der Waals surface area contributed by atoms with Crippen molar-refractivity contribution in [2.24, 2.45) is 0 Å². The lowest BCUT2D eigenvalue weighted by molar-refractivity contribution is -0.385. The maximum Gasteiger partial charge on any atom is 0.270 e. The number of hydrogen-bond acceptors (Lipinski definition) is 6. The van der Waals surface area contributed by atoms with E-state index in [9.17, 15) is 10.1 Å². The van der Waals surface area contributed by atoms with Gasteiger partial charge in [0.25, 0.3) is 5.69 Å². The van der Waals surface area contributed by atoms with Crippen LogP contribution in [0.4, 0.5) is 5.69 Å². The summed E-state index contributed by atoms with van der Waals surface area (Å²) in [5.74, 6) is 1.06. The van der Waals surface area contributed by atoms with Crippen LogP contribution in [0.25, 0.3) is 0 Å². The third-order valence-electron chi connectivity index (χ3n) is 3.34. The van der Waals surface area contributed by atoms with Gasteiger partial charge >= 0.3 is 0 Å². The van der Waals surface area contributed by atoms with Gasteiger partial charge in [0.2, 0.25) is 0 Å². The number of nitriles is 1. The van der Waals surface area contributed by atoms with E-state index in [0.29, 0.717) is 28.2 Å². The van der Waals surface area contributed by atoms with Crippen molar-refractivity contribution in [3.8, 4) is 17.6 Å². The van der Waals surface area contributed by atoms with E-state index in [4.69, 9.17) is 19.5 Å². The second-order valence-electron chi connectivity index (χ2n) is 4.89. The van der Waals surface area contributed by atoms with Gasteiger partial charge in [0, 0.05) is 23.3 Å². The first-order valence-corrected chi connectivity index (χ1v) is 6.81. The fourth-order valence-corrected chi connectivity index (χ4v) is 2.31. The quantitative estimate of drug-likeness (QED) is 0.636. The van der Waals surface area contributed by atoms with Crippen LogP contribution in [0.3, 0.4) is 0 Å². The Bertz CT molecular complexity index is 798. The van der Waals surface area contributed by atoms with E-state index < -0.39 is 4.92 Å². The molecule has 0 amide bonds. The van der Waals surface area contributed by atoms with Crippen LogP contribution in [-0.2, 0) is 18.0 Å². The molecule has 0 N–H and O–H groups in total. The Morgan fingerprint density at radius 1 is 1.35 bits per heavy atom. The van der Waals surface area contributed by atoms with Crippen LogP contribution in [0, 0.1) is 21.4 Å². The van der Waals surface area contributed by atoms with Gasteiger partial charge in [0.05, 0.1) is 23.2 Å². The summed E-state index contributed by atoms with van der Waals surface area (Å²) in [6.07, 6.45) is 0. The molecule has 1 aliphatic heterocycles. The summed E-state index contributed by atoms with van der Waals surface area (Å²) in [5.41, 5.74) is 1.63. The lowest BCUT2D eigenvalue weighted by Crippen LogP contribution is -2.14. The molecule has 2 aromatic rings. The minimum Gasteiger partial charge on any atom is -0.489 e. The molecule has 0 saturated carbocycles. The molecule has 3 rings (SSSR count). The van der Waals surface area contributed by atoms with Crippen LogP contribution in [0.5, 0.6) is 11.5 Å². The molecular formula is C16H12N2O5. The molecule has 1 aliphatic rings. The van der Waals surface area contributed by atoms with Crippen molar-refractivity contribution in [2.45, 2.75) is 13.2 Å². The predicted molar refractivity (Wildman–Crippen MR) is 78.9 cm³/mol. The van der Waals surface area contributed by atoms with Crippen molar-refractivity contribution in [1.29, 1.82) is 5.26 Å². The molecule has 1 heterocycles. The van der Waals surface area contributed by atoms with Crippen LogP contribution < -0.4 is 9.47 Å². The normalized spacial score (nSPS) is 12.7. The van der Waals surface area contributed by atoms with Crippen molar-refractivity contribution in [3.05, 3.63) is 63.2 Å². The summed E-state index contributed by atoms with van der Waals surface area (Å²) < 4.78 is 16.2. The molecule has 0 radical (unpaired) electrons. The van der Waals surface area contributed by atoms with Gasteiger partial charge in [0.15, 0.2) is 6.79 Å². The van der Waals surface area contributed by atoms with Gasteiger partial charge < -0.3 is 14.2 Å². The van der Waals surface area contributed by atoms with Gasteiger partial charge in [-0.2, -0.15) is 5.26 Å². The largest absolute Gasteiger partial charge is 0.489 e. The van der Waals surface area contributed by atoms with Crippen LogP contribution in [-0.4, -0.2) is 11.7 Å². The SMILES string of the molecule is N#Cc1cccc(OCc2cc([N+](=O)[O-])cc3c2OCOC3)c1. The second-order valence-corrected chi connectivity index (χ2v) is 4.89. The minimum atomic E-state index is -0.464. The molecule has 0 saturated heterocycles. The smallest absolute Gasteiger partial charge is 0.270 e. The number of benzene rings is 2. The van der Waals surface area contributed by atoms with E-state index in [1.807, 2.05) is 6.07 Å². The van der Waals surface area contributed by atoms with E-state index in [1.54, 1.807) is 24.3 Å². The Morgan fingerprint density at radius 3 is 3.00 bits per heavy atom. The standard InChI is InChI=1S/C16H12N2O5/c17-7-11-2-1-3-15(4-11)22-9-13-6-14(18(19)20)5-12-8-21-10-23-16(12)13/h1-6H,8-10H2. The summed E-state index contributed by atoms with van der Waals surface area (Å²) in [6, 6.07) is 11.6. The number of non-ortho nitro benzene ring substituents is 1. The molecule has 116 valence electrons. The first kappa shape index (κ1) is 14.8. The zero-order valence-electron chi connectivity index (χ0n) is 12.0. The van der Waals surface area contributed by atoms with E-state index in [1.165, 1.54) is 12.1 Å². The molecule has 0 aromatic heterocycles. The van der Waals surface area contributed by atoms with Crippen LogP contribution in [0.2, 0.25) is 0 Å². The Labute approximate surface area is 131 Å².